The average molecular weight is 619 g/mol. The maximum atomic E-state index is 13.9. The van der Waals surface area contributed by atoms with E-state index < -0.39 is 16.1 Å². The van der Waals surface area contributed by atoms with E-state index in [0.717, 1.165) is 18.4 Å². The average Bonchev–Trinajstić information content (AvgIpc) is 2.95. The third kappa shape index (κ3) is 7.15. The summed E-state index contributed by atoms with van der Waals surface area (Å²) >= 11 is 12.3. The van der Waals surface area contributed by atoms with Crippen molar-refractivity contribution >= 4 is 56.4 Å². The highest BCUT2D eigenvalue weighted by Gasteiger charge is 2.34. The summed E-state index contributed by atoms with van der Waals surface area (Å²) in [4.78, 5) is 28.5. The normalized spacial score (nSPS) is 15.3. The molecule has 3 aromatic rings. The van der Waals surface area contributed by atoms with Gasteiger partial charge in [0.15, 0.2) is 0 Å². The largest absolute Gasteiger partial charge is 0.497 e. The minimum atomic E-state index is -4.01. The molecule has 0 aromatic heterocycles. The number of hydrogen-bond donors (Lipinski definition) is 1. The minimum Gasteiger partial charge on any atom is -0.497 e. The van der Waals surface area contributed by atoms with Crippen molar-refractivity contribution in [3.63, 3.8) is 0 Å². The van der Waals surface area contributed by atoms with Gasteiger partial charge in [-0.2, -0.15) is 0 Å². The van der Waals surface area contributed by atoms with Crippen LogP contribution in [0.2, 0.25) is 10.0 Å². The van der Waals surface area contributed by atoms with E-state index in [9.17, 15) is 18.0 Å². The van der Waals surface area contributed by atoms with Crippen molar-refractivity contribution in [1.82, 2.24) is 4.90 Å². The van der Waals surface area contributed by atoms with Crippen LogP contribution in [0.3, 0.4) is 0 Å². The standard InChI is InChI=1S/C30H33Cl2N3O5S/c1-20-7-14-28(21(2)18-20)41(38,39)35(23-9-11-24(40-3)12-10-23)17-15-29(36)34-16-5-4-6-27(34)30(37)33-26-19-22(31)8-13-25(26)32/h7-14,18-19,27H,4-6,15-17H2,1-3H3,(H,33,37). The molecule has 218 valence electrons. The van der Waals surface area contributed by atoms with Gasteiger partial charge in [-0.25, -0.2) is 8.42 Å². The van der Waals surface area contributed by atoms with Crippen LogP contribution in [0.25, 0.3) is 0 Å². The number of halogens is 2. The highest BCUT2D eigenvalue weighted by atomic mass is 35.5. The van der Waals surface area contributed by atoms with Crippen molar-refractivity contribution in [3.05, 3.63) is 81.8 Å². The van der Waals surface area contributed by atoms with Crippen molar-refractivity contribution in [2.75, 3.05) is 29.8 Å². The maximum absolute atomic E-state index is 13.9. The summed E-state index contributed by atoms with van der Waals surface area (Å²) in [6.07, 6.45) is 1.90. The SMILES string of the molecule is COc1ccc(N(CCC(=O)N2CCCCC2C(=O)Nc2cc(Cl)ccc2Cl)S(=O)(=O)c2ccc(C)cc2C)cc1. The van der Waals surface area contributed by atoms with Gasteiger partial charge in [-0.1, -0.05) is 40.9 Å². The van der Waals surface area contributed by atoms with Crippen LogP contribution in [-0.2, 0) is 19.6 Å². The number of nitrogens with one attached hydrogen (secondary N) is 1. The molecule has 1 aliphatic rings. The van der Waals surface area contributed by atoms with Gasteiger partial charge in [-0.3, -0.25) is 13.9 Å². The molecule has 1 unspecified atom stereocenters. The van der Waals surface area contributed by atoms with Gasteiger partial charge in [0, 0.05) is 24.5 Å². The highest BCUT2D eigenvalue weighted by molar-refractivity contribution is 7.92. The molecule has 0 aliphatic carbocycles. The molecule has 0 radical (unpaired) electrons. The number of benzene rings is 3. The van der Waals surface area contributed by atoms with Crippen LogP contribution in [0.5, 0.6) is 5.75 Å². The number of anilines is 2. The van der Waals surface area contributed by atoms with Crippen molar-refractivity contribution in [2.45, 2.75) is 50.5 Å². The molecule has 0 saturated carbocycles. The van der Waals surface area contributed by atoms with E-state index in [4.69, 9.17) is 27.9 Å². The summed E-state index contributed by atoms with van der Waals surface area (Å²) in [6.45, 7) is 3.94. The zero-order valence-corrected chi connectivity index (χ0v) is 25.5. The van der Waals surface area contributed by atoms with Crippen molar-refractivity contribution in [3.8, 4) is 5.75 Å². The molecule has 1 aliphatic heterocycles. The first-order valence-electron chi connectivity index (χ1n) is 13.3. The fraction of sp³-hybridized carbons (Fsp3) is 0.333. The smallest absolute Gasteiger partial charge is 0.264 e. The number of rotatable bonds is 9. The maximum Gasteiger partial charge on any atom is 0.264 e. The summed E-state index contributed by atoms with van der Waals surface area (Å²) in [5, 5.41) is 3.55. The number of methoxy groups -OCH3 is 1. The zero-order chi connectivity index (χ0) is 29.7. The Kier molecular flexibility index (Phi) is 9.84. The highest BCUT2D eigenvalue weighted by Crippen LogP contribution is 2.30. The molecule has 1 atom stereocenters. The van der Waals surface area contributed by atoms with Crippen molar-refractivity contribution in [1.29, 1.82) is 0 Å². The number of ether oxygens (including phenoxy) is 1. The van der Waals surface area contributed by atoms with Crippen LogP contribution < -0.4 is 14.4 Å². The van der Waals surface area contributed by atoms with Crippen molar-refractivity contribution in [2.24, 2.45) is 0 Å². The summed E-state index contributed by atoms with van der Waals surface area (Å²) in [5.74, 6) is -0.0934. The Hall–Kier alpha value is -3.27. The molecular formula is C30H33Cl2N3O5S. The van der Waals surface area contributed by atoms with Crippen LogP contribution in [0.15, 0.2) is 65.6 Å². The lowest BCUT2D eigenvalue weighted by Gasteiger charge is -2.35. The van der Waals surface area contributed by atoms with E-state index in [1.807, 2.05) is 13.0 Å². The van der Waals surface area contributed by atoms with Crippen LogP contribution >= 0.6 is 23.2 Å². The summed E-state index contributed by atoms with van der Waals surface area (Å²) < 4.78 is 34.3. The predicted octanol–water partition coefficient (Wildman–Crippen LogP) is 6.22. The molecule has 8 nitrogen and oxygen atoms in total. The molecule has 4 rings (SSSR count). The summed E-state index contributed by atoms with van der Waals surface area (Å²) in [5.41, 5.74) is 2.33. The fourth-order valence-corrected chi connectivity index (χ4v) is 7.01. The number of carbonyl (C=O) groups excluding carboxylic acids is 2. The molecule has 3 aromatic carbocycles. The number of likely N-dealkylation sites (tertiary alicyclic amines) is 1. The van der Waals surface area contributed by atoms with Gasteiger partial charge >= 0.3 is 0 Å². The van der Waals surface area contributed by atoms with Gasteiger partial charge in [0.05, 0.1) is 28.4 Å². The zero-order valence-electron chi connectivity index (χ0n) is 23.2. The minimum absolute atomic E-state index is 0.105. The molecule has 0 spiro atoms. The van der Waals surface area contributed by atoms with E-state index in [1.54, 1.807) is 61.5 Å². The third-order valence-corrected chi connectivity index (χ3v) is 9.65. The Bertz CT molecular complexity index is 1530. The van der Waals surface area contributed by atoms with Crippen LogP contribution in [0.4, 0.5) is 11.4 Å². The Balaban J connectivity index is 1.57. The summed E-state index contributed by atoms with van der Waals surface area (Å²) in [6, 6.07) is 15.9. The molecule has 41 heavy (non-hydrogen) atoms. The van der Waals surface area contributed by atoms with Gasteiger partial charge < -0.3 is 15.0 Å². The molecule has 2 amide bonds. The Morgan fingerprint density at radius 1 is 1.02 bits per heavy atom. The van der Waals surface area contributed by atoms with Crippen LogP contribution in [0, 0.1) is 13.8 Å². The lowest BCUT2D eigenvalue weighted by Crippen LogP contribution is -2.50. The lowest BCUT2D eigenvalue weighted by molar-refractivity contribution is -0.140. The molecular weight excluding hydrogens is 585 g/mol. The van der Waals surface area contributed by atoms with E-state index >= 15 is 0 Å². The first kappa shape index (κ1) is 30.7. The Morgan fingerprint density at radius 2 is 1.76 bits per heavy atom. The molecule has 1 fully saturated rings. The van der Waals surface area contributed by atoms with Crippen LogP contribution in [-0.4, -0.2) is 51.4 Å². The van der Waals surface area contributed by atoms with Gasteiger partial charge in [-0.15, -0.1) is 0 Å². The lowest BCUT2D eigenvalue weighted by atomic mass is 10.0. The molecule has 11 heteroatoms. The van der Waals surface area contributed by atoms with Gasteiger partial charge in [-0.05, 0) is 87.2 Å². The molecule has 1 saturated heterocycles. The van der Waals surface area contributed by atoms with E-state index in [1.165, 1.54) is 16.3 Å². The first-order valence-corrected chi connectivity index (χ1v) is 15.5. The monoisotopic (exact) mass is 617 g/mol. The second-order valence-electron chi connectivity index (χ2n) is 10.0. The number of hydrogen-bond acceptors (Lipinski definition) is 5. The number of piperidine rings is 1. The van der Waals surface area contributed by atoms with Gasteiger partial charge in [0.2, 0.25) is 11.8 Å². The van der Waals surface area contributed by atoms with E-state index in [0.29, 0.717) is 45.7 Å². The molecule has 1 heterocycles. The summed E-state index contributed by atoms with van der Waals surface area (Å²) in [7, 11) is -2.48. The van der Waals surface area contributed by atoms with Gasteiger partial charge in [0.1, 0.15) is 11.8 Å². The number of carbonyl (C=O) groups is 2. The number of amides is 2. The van der Waals surface area contributed by atoms with E-state index in [-0.39, 0.29) is 29.7 Å². The molecule has 1 N–H and O–H groups in total. The van der Waals surface area contributed by atoms with Gasteiger partial charge in [0.25, 0.3) is 10.0 Å². The predicted molar refractivity (Wildman–Crippen MR) is 163 cm³/mol. The topological polar surface area (TPSA) is 96.0 Å². The number of aryl methyl sites for hydroxylation is 2. The fourth-order valence-electron chi connectivity index (χ4n) is 5.00. The molecule has 0 bridgehead atoms. The second kappa shape index (κ2) is 13.1. The number of nitrogens with zero attached hydrogens (tertiary/aromatic N) is 2. The van der Waals surface area contributed by atoms with E-state index in [2.05, 4.69) is 5.32 Å². The Morgan fingerprint density at radius 3 is 2.44 bits per heavy atom. The number of sulfonamides is 1. The second-order valence-corrected chi connectivity index (χ2v) is 12.7. The Labute approximate surface area is 251 Å². The third-order valence-electron chi connectivity index (χ3n) is 7.10. The van der Waals surface area contributed by atoms with Crippen molar-refractivity contribution < 1.29 is 22.7 Å². The van der Waals surface area contributed by atoms with Crippen LogP contribution in [0.1, 0.15) is 36.8 Å². The first-order chi connectivity index (χ1) is 19.5. The quantitative estimate of drug-likeness (QED) is 0.307.